The van der Waals surface area contributed by atoms with Crippen molar-refractivity contribution in [2.75, 3.05) is 6.61 Å². The third-order valence-corrected chi connectivity index (χ3v) is 5.31. The molecule has 1 fully saturated rings. The van der Waals surface area contributed by atoms with Crippen LogP contribution >= 0.6 is 0 Å². The Morgan fingerprint density at radius 1 is 1.23 bits per heavy atom. The molecule has 3 rings (SSSR count). The first kappa shape index (κ1) is 18.7. The molecule has 0 spiro atoms. The standard InChI is InChI=1S/C21H30N2O3/c1-15(2)12-18(21(25)22-17-9-4-3-5-10-17)23-13-16-8-6-7-11-19(16)26-14-20(23)24/h6-8,11,15,17-18H,3-5,9-10,12-14H2,1-2H3,(H,22,25). The van der Waals surface area contributed by atoms with Gasteiger partial charge in [-0.25, -0.2) is 0 Å². The molecule has 1 aromatic rings. The Bertz CT molecular complexity index is 638. The zero-order valence-electron chi connectivity index (χ0n) is 15.9. The Morgan fingerprint density at radius 3 is 2.69 bits per heavy atom. The zero-order chi connectivity index (χ0) is 18.5. The van der Waals surface area contributed by atoms with E-state index < -0.39 is 6.04 Å². The van der Waals surface area contributed by atoms with Crippen LogP contribution in [0.1, 0.15) is 57.9 Å². The van der Waals surface area contributed by atoms with E-state index in [0.29, 0.717) is 18.9 Å². The van der Waals surface area contributed by atoms with E-state index in [-0.39, 0.29) is 24.5 Å². The van der Waals surface area contributed by atoms with Gasteiger partial charge in [-0.15, -0.1) is 0 Å². The van der Waals surface area contributed by atoms with E-state index in [1.165, 1.54) is 19.3 Å². The molecular formula is C21H30N2O3. The highest BCUT2D eigenvalue weighted by Gasteiger charge is 2.34. The summed E-state index contributed by atoms with van der Waals surface area (Å²) in [6.45, 7) is 4.59. The number of nitrogens with zero attached hydrogens (tertiary/aromatic N) is 1. The van der Waals surface area contributed by atoms with E-state index in [1.54, 1.807) is 4.90 Å². The quantitative estimate of drug-likeness (QED) is 0.879. The Hall–Kier alpha value is -2.04. The molecule has 1 heterocycles. The Morgan fingerprint density at radius 2 is 1.96 bits per heavy atom. The van der Waals surface area contributed by atoms with E-state index in [0.717, 1.165) is 24.2 Å². The summed E-state index contributed by atoms with van der Waals surface area (Å²) in [6, 6.07) is 7.49. The van der Waals surface area contributed by atoms with Crippen LogP contribution in [0.15, 0.2) is 24.3 Å². The first-order chi connectivity index (χ1) is 12.5. The second kappa shape index (κ2) is 8.56. The van der Waals surface area contributed by atoms with Crippen LogP contribution in [-0.2, 0) is 16.1 Å². The van der Waals surface area contributed by atoms with Gasteiger partial charge in [-0.05, 0) is 31.2 Å². The van der Waals surface area contributed by atoms with E-state index in [1.807, 2.05) is 24.3 Å². The Labute approximate surface area is 156 Å². The fraction of sp³-hybridized carbons (Fsp3) is 0.619. The van der Waals surface area contributed by atoms with Crippen molar-refractivity contribution in [3.8, 4) is 5.75 Å². The van der Waals surface area contributed by atoms with Crippen LogP contribution in [0, 0.1) is 5.92 Å². The molecule has 0 saturated heterocycles. The van der Waals surface area contributed by atoms with E-state index in [4.69, 9.17) is 4.74 Å². The lowest BCUT2D eigenvalue weighted by atomic mass is 9.94. The SMILES string of the molecule is CC(C)CC(C(=O)NC1CCCCC1)N1Cc2ccccc2OCC1=O. The van der Waals surface area contributed by atoms with E-state index in [9.17, 15) is 9.59 Å². The molecule has 26 heavy (non-hydrogen) atoms. The van der Waals surface area contributed by atoms with Crippen molar-refractivity contribution in [2.24, 2.45) is 5.92 Å². The number of amides is 2. The molecule has 5 nitrogen and oxygen atoms in total. The van der Waals surface area contributed by atoms with Gasteiger partial charge in [0.15, 0.2) is 6.61 Å². The van der Waals surface area contributed by atoms with Gasteiger partial charge in [0, 0.05) is 11.6 Å². The maximum absolute atomic E-state index is 13.1. The van der Waals surface area contributed by atoms with Crippen LogP contribution in [0.3, 0.4) is 0 Å². The summed E-state index contributed by atoms with van der Waals surface area (Å²) in [5, 5.41) is 3.21. The minimum Gasteiger partial charge on any atom is -0.483 e. The van der Waals surface area contributed by atoms with Gasteiger partial charge < -0.3 is 15.0 Å². The average molecular weight is 358 g/mol. The summed E-state index contributed by atoms with van der Waals surface area (Å²) < 4.78 is 5.65. The second-order valence-electron chi connectivity index (χ2n) is 7.91. The maximum atomic E-state index is 13.1. The first-order valence-electron chi connectivity index (χ1n) is 9.85. The van der Waals surface area contributed by atoms with Gasteiger partial charge in [0.1, 0.15) is 11.8 Å². The lowest BCUT2D eigenvalue weighted by Gasteiger charge is -2.33. The van der Waals surface area contributed by atoms with Crippen molar-refractivity contribution in [2.45, 2.75) is 71.0 Å². The predicted octanol–water partition coefficient (Wildman–Crippen LogP) is 3.27. The fourth-order valence-electron chi connectivity index (χ4n) is 3.92. The van der Waals surface area contributed by atoms with Gasteiger partial charge in [-0.1, -0.05) is 51.3 Å². The summed E-state index contributed by atoms with van der Waals surface area (Å²) in [7, 11) is 0. The monoisotopic (exact) mass is 358 g/mol. The highest BCUT2D eigenvalue weighted by Crippen LogP contribution is 2.26. The summed E-state index contributed by atoms with van der Waals surface area (Å²) in [5.41, 5.74) is 0.956. The smallest absolute Gasteiger partial charge is 0.261 e. The minimum atomic E-state index is -0.445. The predicted molar refractivity (Wildman–Crippen MR) is 101 cm³/mol. The summed E-state index contributed by atoms with van der Waals surface area (Å²) in [6.07, 6.45) is 6.33. The summed E-state index contributed by atoms with van der Waals surface area (Å²) in [5.74, 6) is 0.924. The third kappa shape index (κ3) is 4.57. The van der Waals surface area contributed by atoms with Gasteiger partial charge in [-0.3, -0.25) is 9.59 Å². The zero-order valence-corrected chi connectivity index (χ0v) is 15.9. The largest absolute Gasteiger partial charge is 0.483 e. The third-order valence-electron chi connectivity index (χ3n) is 5.31. The van der Waals surface area contributed by atoms with Crippen molar-refractivity contribution < 1.29 is 14.3 Å². The number of carbonyl (C=O) groups is 2. The molecule has 0 radical (unpaired) electrons. The molecular weight excluding hydrogens is 328 g/mol. The minimum absolute atomic E-state index is 0.0116. The lowest BCUT2D eigenvalue weighted by Crippen LogP contribution is -2.52. The van der Waals surface area contributed by atoms with Gasteiger partial charge in [0.2, 0.25) is 5.91 Å². The molecule has 1 aromatic carbocycles. The molecule has 1 N–H and O–H groups in total. The maximum Gasteiger partial charge on any atom is 0.261 e. The normalized spacial score (nSPS) is 19.5. The molecule has 2 amide bonds. The molecule has 1 atom stereocenters. The van der Waals surface area contributed by atoms with Crippen molar-refractivity contribution >= 4 is 11.8 Å². The topological polar surface area (TPSA) is 58.6 Å². The number of nitrogens with one attached hydrogen (secondary N) is 1. The fourth-order valence-corrected chi connectivity index (χ4v) is 3.92. The molecule has 0 bridgehead atoms. The van der Waals surface area contributed by atoms with E-state index >= 15 is 0 Å². The van der Waals surface area contributed by atoms with Gasteiger partial charge in [0.05, 0.1) is 6.54 Å². The molecule has 142 valence electrons. The molecule has 1 unspecified atom stereocenters. The first-order valence-corrected chi connectivity index (χ1v) is 9.85. The lowest BCUT2D eigenvalue weighted by molar-refractivity contribution is -0.143. The van der Waals surface area contributed by atoms with Crippen molar-refractivity contribution in [3.63, 3.8) is 0 Å². The van der Waals surface area contributed by atoms with Crippen LogP contribution in [0.2, 0.25) is 0 Å². The highest BCUT2D eigenvalue weighted by molar-refractivity contribution is 5.88. The van der Waals surface area contributed by atoms with Crippen LogP contribution in [0.4, 0.5) is 0 Å². The second-order valence-corrected chi connectivity index (χ2v) is 7.91. The number of fused-ring (bicyclic) bond motifs is 1. The number of benzene rings is 1. The average Bonchev–Trinajstić information content (AvgIpc) is 2.80. The molecule has 0 aromatic heterocycles. The van der Waals surface area contributed by atoms with E-state index in [2.05, 4.69) is 19.2 Å². The summed E-state index contributed by atoms with van der Waals surface area (Å²) in [4.78, 5) is 27.5. The number of para-hydroxylation sites is 1. The highest BCUT2D eigenvalue weighted by atomic mass is 16.5. The Balaban J connectivity index is 1.78. The van der Waals surface area contributed by atoms with Crippen LogP contribution in [0.25, 0.3) is 0 Å². The number of hydrogen-bond donors (Lipinski definition) is 1. The molecule has 1 aliphatic heterocycles. The number of rotatable bonds is 5. The van der Waals surface area contributed by atoms with Crippen molar-refractivity contribution in [3.05, 3.63) is 29.8 Å². The van der Waals surface area contributed by atoms with Gasteiger partial charge >= 0.3 is 0 Å². The molecule has 5 heteroatoms. The molecule has 2 aliphatic rings. The summed E-state index contributed by atoms with van der Waals surface area (Å²) >= 11 is 0. The van der Waals surface area contributed by atoms with Gasteiger partial charge in [0.25, 0.3) is 5.91 Å². The Kier molecular flexibility index (Phi) is 6.17. The number of hydrogen-bond acceptors (Lipinski definition) is 3. The van der Waals surface area contributed by atoms with Crippen molar-refractivity contribution in [1.29, 1.82) is 0 Å². The number of carbonyl (C=O) groups excluding carboxylic acids is 2. The molecule has 1 saturated carbocycles. The molecule has 1 aliphatic carbocycles. The van der Waals surface area contributed by atoms with Gasteiger partial charge in [-0.2, -0.15) is 0 Å². The van der Waals surface area contributed by atoms with Crippen molar-refractivity contribution in [1.82, 2.24) is 10.2 Å². The van der Waals surface area contributed by atoms with Crippen LogP contribution < -0.4 is 10.1 Å². The van der Waals surface area contributed by atoms with Crippen LogP contribution in [-0.4, -0.2) is 35.4 Å². The van der Waals surface area contributed by atoms with Crippen LogP contribution in [0.5, 0.6) is 5.75 Å². The number of ether oxygens (including phenoxy) is 1.